The second-order valence-electron chi connectivity index (χ2n) is 3.14. The molecule has 0 unspecified atom stereocenters. The first-order valence-corrected chi connectivity index (χ1v) is 5.54. The number of carbonyl (C=O) groups is 1. The summed E-state index contributed by atoms with van der Waals surface area (Å²) in [5.74, 6) is 0.438. The van der Waals surface area contributed by atoms with E-state index in [2.05, 4.69) is 15.3 Å². The van der Waals surface area contributed by atoms with Crippen molar-refractivity contribution in [3.8, 4) is 0 Å². The molecule has 0 aromatic carbocycles. The molecule has 16 heavy (non-hydrogen) atoms. The van der Waals surface area contributed by atoms with Gasteiger partial charge in [-0.2, -0.15) is 0 Å². The van der Waals surface area contributed by atoms with Crippen molar-refractivity contribution in [1.82, 2.24) is 14.9 Å². The average Bonchev–Trinajstić information content (AvgIpc) is 2.30. The quantitative estimate of drug-likeness (QED) is 0.848. The van der Waals surface area contributed by atoms with Gasteiger partial charge in [0.05, 0.1) is 24.0 Å². The van der Waals surface area contributed by atoms with Gasteiger partial charge in [0.1, 0.15) is 0 Å². The van der Waals surface area contributed by atoms with Crippen LogP contribution in [0.15, 0.2) is 12.4 Å². The van der Waals surface area contributed by atoms with Crippen molar-refractivity contribution in [2.75, 3.05) is 25.0 Å². The molecule has 1 N–H and O–H groups in total. The first-order valence-electron chi connectivity index (χ1n) is 5.16. The lowest BCUT2D eigenvalue weighted by molar-refractivity contribution is -0.128. The van der Waals surface area contributed by atoms with Crippen LogP contribution < -0.4 is 5.32 Å². The number of aromatic nitrogens is 2. The van der Waals surface area contributed by atoms with Crippen molar-refractivity contribution in [1.29, 1.82) is 0 Å². The van der Waals surface area contributed by atoms with Gasteiger partial charge < -0.3 is 10.2 Å². The Morgan fingerprint density at radius 1 is 1.38 bits per heavy atom. The first-order chi connectivity index (χ1) is 7.67. The predicted molar refractivity (Wildman–Crippen MR) is 63.5 cm³/mol. The van der Waals surface area contributed by atoms with Crippen LogP contribution in [0.2, 0.25) is 5.02 Å². The van der Waals surface area contributed by atoms with Crippen LogP contribution in [0.1, 0.15) is 13.8 Å². The largest absolute Gasteiger partial charge is 0.345 e. The maximum Gasteiger partial charge on any atom is 0.241 e. The van der Waals surface area contributed by atoms with Crippen molar-refractivity contribution in [3.05, 3.63) is 17.4 Å². The number of carbonyl (C=O) groups excluding carboxylic acids is 1. The number of hydrogen-bond donors (Lipinski definition) is 1. The molecule has 88 valence electrons. The third kappa shape index (κ3) is 3.66. The summed E-state index contributed by atoms with van der Waals surface area (Å²) in [5, 5.41) is 3.32. The van der Waals surface area contributed by atoms with E-state index < -0.39 is 0 Å². The maximum atomic E-state index is 11.6. The molecule has 0 aliphatic heterocycles. The first kappa shape index (κ1) is 12.7. The zero-order valence-electron chi connectivity index (χ0n) is 9.40. The number of nitrogens with one attached hydrogen (secondary N) is 1. The Hall–Kier alpha value is -1.36. The second kappa shape index (κ2) is 6.27. The molecule has 0 saturated carbocycles. The molecule has 1 heterocycles. The van der Waals surface area contributed by atoms with Gasteiger partial charge in [-0.1, -0.05) is 11.6 Å². The van der Waals surface area contributed by atoms with E-state index in [0.717, 1.165) is 0 Å². The number of nitrogens with zero attached hydrogens (tertiary/aromatic N) is 3. The molecule has 0 atom stereocenters. The summed E-state index contributed by atoms with van der Waals surface area (Å²) in [6, 6.07) is 0. The minimum atomic E-state index is 0.0311. The van der Waals surface area contributed by atoms with Crippen molar-refractivity contribution >= 4 is 23.5 Å². The summed E-state index contributed by atoms with van der Waals surface area (Å²) in [6.07, 6.45) is 2.97. The molecule has 1 aromatic rings. The van der Waals surface area contributed by atoms with E-state index in [-0.39, 0.29) is 12.5 Å². The summed E-state index contributed by atoms with van der Waals surface area (Å²) < 4.78 is 0. The molecule has 0 radical (unpaired) electrons. The molecular weight excluding hydrogens is 228 g/mol. The van der Waals surface area contributed by atoms with E-state index >= 15 is 0 Å². The van der Waals surface area contributed by atoms with Gasteiger partial charge in [0.2, 0.25) is 11.9 Å². The van der Waals surface area contributed by atoms with Gasteiger partial charge in [-0.05, 0) is 13.8 Å². The number of likely N-dealkylation sites (N-methyl/N-ethyl adjacent to an activating group) is 1. The predicted octanol–water partition coefficient (Wildman–Crippen LogP) is 1.41. The highest BCUT2D eigenvalue weighted by atomic mass is 35.5. The summed E-state index contributed by atoms with van der Waals surface area (Å²) in [4.78, 5) is 21.2. The zero-order valence-corrected chi connectivity index (χ0v) is 10.2. The number of halogens is 1. The van der Waals surface area contributed by atoms with Gasteiger partial charge in [-0.3, -0.25) is 4.79 Å². The lowest BCUT2D eigenvalue weighted by atomic mass is 10.4. The van der Waals surface area contributed by atoms with Gasteiger partial charge >= 0.3 is 0 Å². The van der Waals surface area contributed by atoms with Crippen LogP contribution in [0.5, 0.6) is 0 Å². The van der Waals surface area contributed by atoms with E-state index in [4.69, 9.17) is 11.6 Å². The molecule has 0 fully saturated rings. The Balaban J connectivity index is 2.45. The van der Waals surface area contributed by atoms with E-state index in [1.54, 1.807) is 4.90 Å². The summed E-state index contributed by atoms with van der Waals surface area (Å²) in [5.41, 5.74) is 0. The van der Waals surface area contributed by atoms with Crippen molar-refractivity contribution in [3.63, 3.8) is 0 Å². The molecule has 0 aliphatic rings. The van der Waals surface area contributed by atoms with Crippen LogP contribution in [0, 0.1) is 0 Å². The number of rotatable bonds is 5. The molecular formula is C10H15ClN4O. The molecule has 0 saturated heterocycles. The minimum Gasteiger partial charge on any atom is -0.345 e. The summed E-state index contributed by atoms with van der Waals surface area (Å²) in [7, 11) is 0. The van der Waals surface area contributed by atoms with Crippen LogP contribution in [0.3, 0.4) is 0 Å². The lowest BCUT2D eigenvalue weighted by Crippen LogP contribution is -2.35. The van der Waals surface area contributed by atoms with Crippen molar-refractivity contribution in [2.45, 2.75) is 13.8 Å². The molecule has 5 nitrogen and oxygen atoms in total. The molecule has 0 spiro atoms. The highest BCUT2D eigenvalue weighted by Gasteiger charge is 2.09. The normalized spacial score (nSPS) is 9.94. The van der Waals surface area contributed by atoms with E-state index in [1.807, 2.05) is 13.8 Å². The molecule has 1 rings (SSSR count). The Kier molecular flexibility index (Phi) is 4.98. The fourth-order valence-electron chi connectivity index (χ4n) is 1.25. The SMILES string of the molecule is CCN(CC)C(=O)CNc1ncc(Cl)cn1. The molecule has 1 amide bonds. The third-order valence-corrected chi connectivity index (χ3v) is 2.33. The van der Waals surface area contributed by atoms with Gasteiger partial charge in [-0.25, -0.2) is 9.97 Å². The smallest absolute Gasteiger partial charge is 0.241 e. The Labute approximate surface area is 99.8 Å². The Morgan fingerprint density at radius 2 is 1.94 bits per heavy atom. The third-order valence-electron chi connectivity index (χ3n) is 2.13. The monoisotopic (exact) mass is 242 g/mol. The maximum absolute atomic E-state index is 11.6. The van der Waals surface area contributed by atoms with Gasteiger partial charge in [0.25, 0.3) is 0 Å². The van der Waals surface area contributed by atoms with Crippen LogP contribution >= 0.6 is 11.6 Å². The average molecular weight is 243 g/mol. The van der Waals surface area contributed by atoms with Crippen LogP contribution in [0.25, 0.3) is 0 Å². The van der Waals surface area contributed by atoms with Crippen molar-refractivity contribution in [2.24, 2.45) is 0 Å². The number of hydrogen-bond acceptors (Lipinski definition) is 4. The Morgan fingerprint density at radius 3 is 2.44 bits per heavy atom. The lowest BCUT2D eigenvalue weighted by Gasteiger charge is -2.18. The highest BCUT2D eigenvalue weighted by Crippen LogP contribution is 2.05. The van der Waals surface area contributed by atoms with Crippen LogP contribution in [-0.2, 0) is 4.79 Å². The molecule has 1 aromatic heterocycles. The van der Waals surface area contributed by atoms with E-state index in [9.17, 15) is 4.79 Å². The molecule has 6 heteroatoms. The number of anilines is 1. The fourth-order valence-corrected chi connectivity index (χ4v) is 1.34. The highest BCUT2D eigenvalue weighted by molar-refractivity contribution is 6.30. The fraction of sp³-hybridized carbons (Fsp3) is 0.500. The zero-order chi connectivity index (χ0) is 12.0. The van der Waals surface area contributed by atoms with Gasteiger partial charge in [0.15, 0.2) is 0 Å². The second-order valence-corrected chi connectivity index (χ2v) is 3.58. The van der Waals surface area contributed by atoms with Gasteiger partial charge in [-0.15, -0.1) is 0 Å². The summed E-state index contributed by atoms with van der Waals surface area (Å²) >= 11 is 5.64. The molecule has 0 aliphatic carbocycles. The summed E-state index contributed by atoms with van der Waals surface area (Å²) in [6.45, 7) is 5.50. The molecule has 0 bridgehead atoms. The Bertz CT molecular complexity index is 337. The van der Waals surface area contributed by atoms with Crippen LogP contribution in [0.4, 0.5) is 5.95 Å². The standard InChI is InChI=1S/C10H15ClN4O/c1-3-15(4-2)9(16)7-14-10-12-5-8(11)6-13-10/h5-6H,3-4,7H2,1-2H3,(H,12,13,14). The topological polar surface area (TPSA) is 58.1 Å². The number of amides is 1. The minimum absolute atomic E-state index is 0.0311. The van der Waals surface area contributed by atoms with Crippen LogP contribution in [-0.4, -0.2) is 40.4 Å². The van der Waals surface area contributed by atoms with Crippen molar-refractivity contribution < 1.29 is 4.79 Å². The van der Waals surface area contributed by atoms with E-state index in [0.29, 0.717) is 24.1 Å². The van der Waals surface area contributed by atoms with Gasteiger partial charge in [0, 0.05) is 13.1 Å². The van der Waals surface area contributed by atoms with E-state index in [1.165, 1.54) is 12.4 Å².